The molecule has 66 heavy (non-hydrogen) atoms. The van der Waals surface area contributed by atoms with Crippen molar-refractivity contribution in [3.05, 3.63) is 89.7 Å². The lowest BCUT2D eigenvalue weighted by Crippen LogP contribution is -2.63. The van der Waals surface area contributed by atoms with Crippen LogP contribution in [0.1, 0.15) is 7.43 Å². The molecule has 2 fully saturated rings. The Morgan fingerprint density at radius 1 is 0.727 bits per heavy atom. The minimum Gasteiger partial charge on any atom is -0.507 e. The number of likely N-dealkylation sites (tertiary alicyclic amines) is 1. The number of nitrogens with one attached hydrogen (secondary N) is 1. The van der Waals surface area contributed by atoms with Crippen LogP contribution in [0.5, 0.6) is 34.5 Å². The maximum absolute atomic E-state index is 12.8. The molecule has 0 atom stereocenters. The Labute approximate surface area is 419 Å². The summed E-state index contributed by atoms with van der Waals surface area (Å²) in [5, 5.41) is 20.5. The van der Waals surface area contributed by atoms with Crippen molar-refractivity contribution in [3.8, 4) is 34.5 Å². The third kappa shape index (κ3) is 16.3. The summed E-state index contributed by atoms with van der Waals surface area (Å²) in [6.45, 7) is -0.370. The van der Waals surface area contributed by atoms with Crippen LogP contribution in [0.25, 0.3) is 0 Å². The molecule has 2 heterocycles. The van der Waals surface area contributed by atoms with Crippen molar-refractivity contribution in [1.29, 1.82) is 0 Å². The van der Waals surface area contributed by atoms with Crippen molar-refractivity contribution < 1.29 is 71.3 Å². The van der Waals surface area contributed by atoms with Crippen LogP contribution in [-0.2, 0) is 43.7 Å². The lowest BCUT2D eigenvalue weighted by Gasteiger charge is -2.39. The van der Waals surface area contributed by atoms with Gasteiger partial charge in [-0.3, -0.25) is 4.79 Å². The van der Waals surface area contributed by atoms with Gasteiger partial charge in [0.25, 0.3) is 9.05 Å². The monoisotopic (exact) mass is 1230 g/mol. The van der Waals surface area contributed by atoms with E-state index < -0.39 is 73.5 Å². The highest BCUT2D eigenvalue weighted by Gasteiger charge is 2.47. The fourth-order valence-electron chi connectivity index (χ4n) is 5.60. The van der Waals surface area contributed by atoms with Gasteiger partial charge in [0, 0.05) is 70.1 Å². The van der Waals surface area contributed by atoms with E-state index in [0.29, 0.717) is 13.8 Å². The number of amides is 1. The first-order valence-electron chi connectivity index (χ1n) is 17.4. The maximum atomic E-state index is 12.8. The zero-order valence-corrected chi connectivity index (χ0v) is 42.9. The van der Waals surface area contributed by atoms with Crippen LogP contribution in [0.3, 0.4) is 0 Å². The highest BCUT2D eigenvalue weighted by molar-refractivity contribution is 9.10. The molecule has 0 spiro atoms. The van der Waals surface area contributed by atoms with E-state index in [0.717, 1.165) is 28.9 Å². The number of benzene rings is 4. The highest BCUT2D eigenvalue weighted by Crippen LogP contribution is 2.42. The molecule has 2 saturated heterocycles. The highest BCUT2D eigenvalue weighted by atomic mass is 79.9. The summed E-state index contributed by atoms with van der Waals surface area (Å²) in [4.78, 5) is 10.3. The minimum absolute atomic E-state index is 0. The van der Waals surface area contributed by atoms with Gasteiger partial charge in [0.1, 0.15) is 42.6 Å². The second-order valence-electron chi connectivity index (χ2n) is 13.9. The first kappa shape index (κ1) is 57.8. The summed E-state index contributed by atoms with van der Waals surface area (Å²) in [7, 11) is -9.55. The molecule has 0 bridgehead atoms. The zero-order valence-electron chi connectivity index (χ0n) is 32.7. The summed E-state index contributed by atoms with van der Waals surface area (Å²) >= 11 is 30.8. The normalized spacial score (nSPS) is 14.9. The Morgan fingerprint density at radius 3 is 1.48 bits per heavy atom. The Hall–Kier alpha value is -2.53. The van der Waals surface area contributed by atoms with Crippen LogP contribution in [-0.4, -0.2) is 116 Å². The Morgan fingerprint density at radius 2 is 1.12 bits per heavy atom. The van der Waals surface area contributed by atoms with Crippen LogP contribution in [0, 0.1) is 5.92 Å². The fraction of sp³-hybridized carbons (Fsp3) is 0.306. The second kappa shape index (κ2) is 22.5. The van der Waals surface area contributed by atoms with Gasteiger partial charge in [-0.2, -0.15) is 17.5 Å². The van der Waals surface area contributed by atoms with Gasteiger partial charge < -0.3 is 24.6 Å². The summed E-state index contributed by atoms with van der Waals surface area (Å²) in [5.41, 5.74) is 0. The molecule has 0 radical (unpaired) electrons. The number of ether oxygens (including phenoxy) is 2. The summed E-state index contributed by atoms with van der Waals surface area (Å²) in [6.07, 6.45) is -2.88. The average molecular weight is 1240 g/mol. The van der Waals surface area contributed by atoms with E-state index in [9.17, 15) is 61.9 Å². The molecular weight excluding hydrogens is 1200 g/mol. The van der Waals surface area contributed by atoms with Gasteiger partial charge in [-0.15, -0.1) is 0 Å². The molecule has 1 amide bonds. The van der Waals surface area contributed by atoms with Crippen molar-refractivity contribution in [2.45, 2.75) is 29.4 Å². The fourth-order valence-corrected chi connectivity index (χ4v) is 12.6. The Kier molecular flexibility index (Phi) is 19.7. The molecule has 0 aromatic heterocycles. The van der Waals surface area contributed by atoms with Crippen molar-refractivity contribution in [1.82, 2.24) is 13.9 Å². The molecule has 366 valence electrons. The molecule has 0 saturated carbocycles. The quantitative estimate of drug-likeness (QED) is 0.119. The van der Waals surface area contributed by atoms with Gasteiger partial charge in [-0.1, -0.05) is 85.7 Å². The van der Waals surface area contributed by atoms with E-state index in [-0.39, 0.29) is 93.3 Å². The standard InChI is InChI=1S/C17H16BrCl2NO6S2.C12H6BrCl3O4S.C6H9F3N2O3S.CH4/c1-28(23,24)9-10-7-21(8-10)29(25,26)16-6-12(2-3-15(16)22)27-17-13(19)4-11(18)5-14(17)20;13-6-3-8(14)12(9(15)4-6)20-7-1-2-10(17)11(5-7)21(16,18)19;1-15(13,14)10-4-2-11(3-4)5(12)6(7,8)9;/h2-6,10,22H,7-9H2,1H3;1-5,17H;4,10H,2-3H2,1H3;1H4. The number of sulfonamides is 2. The molecule has 0 aliphatic carbocycles. The number of carbonyl (C=O) groups is 1. The summed E-state index contributed by atoms with van der Waals surface area (Å²) in [5.74, 6) is -2.71. The number of halogens is 10. The maximum Gasteiger partial charge on any atom is 0.471 e. The number of nitrogens with zero attached hydrogens (tertiary/aromatic N) is 2. The number of hydrogen-bond donors (Lipinski definition) is 3. The third-order valence-electron chi connectivity index (χ3n) is 8.36. The first-order chi connectivity index (χ1) is 29.6. The first-order valence-corrected chi connectivity index (χ1v) is 28.2. The molecular formula is C36H35Br2Cl5F3N3O13S4. The van der Waals surface area contributed by atoms with Gasteiger partial charge >= 0.3 is 12.1 Å². The number of hydrogen-bond acceptors (Lipinski definition) is 13. The predicted molar refractivity (Wildman–Crippen MR) is 251 cm³/mol. The third-order valence-corrected chi connectivity index (χ3v) is 15.5. The van der Waals surface area contributed by atoms with Crippen LogP contribution in [0.2, 0.25) is 20.1 Å². The molecule has 0 unspecified atom stereocenters. The van der Waals surface area contributed by atoms with Gasteiger partial charge in [-0.05, 0) is 48.5 Å². The predicted octanol–water partition coefficient (Wildman–Crippen LogP) is 9.04. The molecule has 6 rings (SSSR count). The number of phenolic OH excluding ortho intramolecular Hbond substituents is 2. The van der Waals surface area contributed by atoms with Crippen molar-refractivity contribution in [2.24, 2.45) is 5.92 Å². The van der Waals surface area contributed by atoms with Crippen LogP contribution >= 0.6 is 88.9 Å². The van der Waals surface area contributed by atoms with Crippen molar-refractivity contribution >= 4 is 134 Å². The summed E-state index contributed by atoms with van der Waals surface area (Å²) in [6, 6.07) is 13.0. The molecule has 16 nitrogen and oxygen atoms in total. The van der Waals surface area contributed by atoms with Crippen LogP contribution in [0.15, 0.2) is 79.4 Å². The van der Waals surface area contributed by atoms with E-state index in [1.54, 1.807) is 24.3 Å². The second-order valence-corrected chi connectivity index (χ2v) is 25.7. The number of rotatable bonds is 11. The number of phenols is 2. The number of sulfone groups is 1. The molecule has 4 aromatic carbocycles. The van der Waals surface area contributed by atoms with E-state index in [4.69, 9.17) is 66.6 Å². The molecule has 2 aliphatic rings. The lowest BCUT2D eigenvalue weighted by molar-refractivity contribution is -0.189. The molecule has 3 N–H and O–H groups in total. The molecule has 4 aromatic rings. The van der Waals surface area contributed by atoms with Gasteiger partial charge in [0.2, 0.25) is 20.0 Å². The smallest absolute Gasteiger partial charge is 0.471 e. The number of aromatic hydroxyl groups is 2. The van der Waals surface area contributed by atoms with Crippen molar-refractivity contribution in [3.63, 3.8) is 0 Å². The van der Waals surface area contributed by atoms with Crippen LogP contribution in [0.4, 0.5) is 13.2 Å². The Bertz CT molecular complexity index is 2890. The number of alkyl halides is 3. The zero-order chi connectivity index (χ0) is 49.2. The van der Waals surface area contributed by atoms with Gasteiger partial charge in [0.15, 0.2) is 11.5 Å². The number of carbonyl (C=O) groups excluding carboxylic acids is 1. The van der Waals surface area contributed by atoms with E-state index in [1.807, 2.05) is 0 Å². The molecule has 30 heteroatoms. The van der Waals surface area contributed by atoms with E-state index in [1.165, 1.54) is 24.3 Å². The SMILES string of the molecule is C.CS(=O)(=O)CC1CN(S(=O)(=O)c2cc(Oc3c(Cl)cc(Br)cc3Cl)ccc2O)C1.CS(=O)(=O)NC1CN(C(=O)C(F)(F)F)C1.O=S(=O)(Cl)c1cc(Oc2c(Cl)cc(Br)cc2Cl)ccc1O. The average Bonchev–Trinajstić information content (AvgIpc) is 3.10. The largest absolute Gasteiger partial charge is 0.507 e. The molecule has 2 aliphatic heterocycles. The van der Waals surface area contributed by atoms with E-state index in [2.05, 4.69) is 36.6 Å². The summed E-state index contributed by atoms with van der Waals surface area (Å²) < 4.78 is 144. The van der Waals surface area contributed by atoms with Gasteiger partial charge in [0.05, 0.1) is 38.1 Å². The van der Waals surface area contributed by atoms with Crippen molar-refractivity contribution in [2.75, 3.05) is 44.4 Å². The Balaban J connectivity index is 0.000000276. The lowest BCUT2D eigenvalue weighted by atomic mass is 10.1. The van der Waals surface area contributed by atoms with Gasteiger partial charge in [-0.25, -0.2) is 38.4 Å². The topological polar surface area (TPSA) is 231 Å². The minimum atomic E-state index is -4.89. The van der Waals surface area contributed by atoms with E-state index >= 15 is 0 Å². The van der Waals surface area contributed by atoms with Crippen LogP contribution < -0.4 is 14.2 Å².